The molecule has 1 saturated heterocycles. The summed E-state index contributed by atoms with van der Waals surface area (Å²) in [6.07, 6.45) is 0. The maximum absolute atomic E-state index is 11.5. The Morgan fingerprint density at radius 1 is 0.800 bits per heavy atom. The number of nitrogens with zero attached hydrogens (tertiary/aromatic N) is 3. The lowest BCUT2D eigenvalue weighted by atomic mass is 10.1. The van der Waals surface area contributed by atoms with Gasteiger partial charge in [-0.05, 0) is 36.4 Å². The number of anilines is 3. The Morgan fingerprint density at radius 3 is 1.93 bits per heavy atom. The van der Waals surface area contributed by atoms with Crippen LogP contribution in [0.2, 0.25) is 0 Å². The highest BCUT2D eigenvalue weighted by Gasteiger charge is 2.18. The highest BCUT2D eigenvalue weighted by Crippen LogP contribution is 2.33. The molecule has 1 aliphatic heterocycles. The summed E-state index contributed by atoms with van der Waals surface area (Å²) < 4.78 is 0. The van der Waals surface area contributed by atoms with Crippen LogP contribution in [0.15, 0.2) is 72.8 Å². The van der Waals surface area contributed by atoms with Crippen molar-refractivity contribution >= 4 is 44.8 Å². The van der Waals surface area contributed by atoms with E-state index < -0.39 is 0 Å². The zero-order valence-electron chi connectivity index (χ0n) is 17.0. The van der Waals surface area contributed by atoms with Gasteiger partial charge in [-0.2, -0.15) is 0 Å². The van der Waals surface area contributed by atoms with Crippen molar-refractivity contribution in [2.45, 2.75) is 6.92 Å². The summed E-state index contributed by atoms with van der Waals surface area (Å²) in [5.74, 6) is 0.158. The summed E-state index contributed by atoms with van der Waals surface area (Å²) in [6, 6.07) is 25.0. The van der Waals surface area contributed by atoms with E-state index >= 15 is 0 Å². The average molecular weight is 396 g/mol. The van der Waals surface area contributed by atoms with Crippen molar-refractivity contribution in [2.24, 2.45) is 0 Å². The summed E-state index contributed by atoms with van der Waals surface area (Å²) in [7, 11) is 0. The molecule has 0 saturated carbocycles. The first-order valence-corrected chi connectivity index (χ1v) is 10.3. The number of fused-ring (bicyclic) bond motifs is 2. The van der Waals surface area contributed by atoms with E-state index in [1.54, 1.807) is 6.92 Å². The minimum absolute atomic E-state index is 0.158. The maximum Gasteiger partial charge on any atom is 0.219 e. The lowest BCUT2D eigenvalue weighted by molar-refractivity contribution is -0.129. The van der Waals surface area contributed by atoms with Crippen molar-refractivity contribution in [3.63, 3.8) is 0 Å². The molecule has 0 aliphatic carbocycles. The molecule has 0 radical (unpaired) electrons. The number of carbonyl (C=O) groups excluding carboxylic acids is 1. The molecular weight excluding hydrogens is 372 g/mol. The molecule has 30 heavy (non-hydrogen) atoms. The third-order valence-corrected chi connectivity index (χ3v) is 5.81. The fourth-order valence-electron chi connectivity index (χ4n) is 4.15. The number of para-hydroxylation sites is 2. The fraction of sp³-hybridized carbons (Fsp3) is 0.200. The lowest BCUT2D eigenvalue weighted by Gasteiger charge is -2.35. The van der Waals surface area contributed by atoms with Crippen molar-refractivity contribution in [3.05, 3.63) is 72.8 Å². The van der Waals surface area contributed by atoms with Crippen molar-refractivity contribution in [1.29, 1.82) is 0 Å². The smallest absolute Gasteiger partial charge is 0.219 e. The van der Waals surface area contributed by atoms with E-state index in [4.69, 9.17) is 4.98 Å². The normalized spacial score (nSPS) is 14.3. The van der Waals surface area contributed by atoms with Gasteiger partial charge in [-0.25, -0.2) is 4.98 Å². The van der Waals surface area contributed by atoms with Gasteiger partial charge in [0.1, 0.15) is 0 Å². The average Bonchev–Trinajstić information content (AvgIpc) is 2.79. The third kappa shape index (κ3) is 3.43. The van der Waals surface area contributed by atoms with Gasteiger partial charge in [0.05, 0.1) is 16.7 Å². The van der Waals surface area contributed by atoms with Gasteiger partial charge in [-0.3, -0.25) is 4.79 Å². The molecule has 0 bridgehead atoms. The van der Waals surface area contributed by atoms with Crippen LogP contribution in [0.1, 0.15) is 6.92 Å². The summed E-state index contributed by atoms with van der Waals surface area (Å²) in [4.78, 5) is 20.6. The molecule has 5 rings (SSSR count). The van der Waals surface area contributed by atoms with E-state index in [2.05, 4.69) is 58.7 Å². The largest absolute Gasteiger partial charge is 0.368 e. The highest BCUT2D eigenvalue weighted by atomic mass is 16.2. The quantitative estimate of drug-likeness (QED) is 0.506. The molecule has 5 heteroatoms. The molecule has 150 valence electrons. The number of amides is 1. The first-order valence-electron chi connectivity index (χ1n) is 10.3. The minimum Gasteiger partial charge on any atom is -0.368 e. The van der Waals surface area contributed by atoms with Crippen molar-refractivity contribution in [1.82, 2.24) is 9.88 Å². The van der Waals surface area contributed by atoms with Gasteiger partial charge in [0.2, 0.25) is 5.91 Å². The van der Waals surface area contributed by atoms with Gasteiger partial charge < -0.3 is 15.1 Å². The van der Waals surface area contributed by atoms with Gasteiger partial charge in [0.15, 0.2) is 0 Å². The van der Waals surface area contributed by atoms with Crippen LogP contribution in [0.4, 0.5) is 17.1 Å². The Kier molecular flexibility index (Phi) is 4.71. The van der Waals surface area contributed by atoms with Crippen LogP contribution in [0.3, 0.4) is 0 Å². The third-order valence-electron chi connectivity index (χ3n) is 5.81. The van der Waals surface area contributed by atoms with E-state index in [9.17, 15) is 4.79 Å². The standard InChI is InChI=1S/C25H24N4O/c1-18(30)28-14-16-29(17-15-28)20-12-10-19(11-13-20)26-25-21-6-2-4-8-23(21)27-24-9-5-3-7-22(24)25/h2-13H,14-17H2,1H3,(H,26,27). The van der Waals surface area contributed by atoms with Crippen LogP contribution in [-0.4, -0.2) is 42.0 Å². The van der Waals surface area contributed by atoms with Crippen LogP contribution in [-0.2, 0) is 4.79 Å². The molecule has 1 aliphatic rings. The summed E-state index contributed by atoms with van der Waals surface area (Å²) >= 11 is 0. The van der Waals surface area contributed by atoms with Crippen LogP contribution in [0.5, 0.6) is 0 Å². The first-order chi connectivity index (χ1) is 14.7. The SMILES string of the molecule is CC(=O)N1CCN(c2ccc(Nc3c4ccccc4nc4ccccc34)cc2)CC1. The molecule has 1 N–H and O–H groups in total. The van der Waals surface area contributed by atoms with E-state index in [0.29, 0.717) is 0 Å². The number of pyridine rings is 1. The van der Waals surface area contributed by atoms with E-state index in [-0.39, 0.29) is 5.91 Å². The minimum atomic E-state index is 0.158. The fourth-order valence-corrected chi connectivity index (χ4v) is 4.15. The second-order valence-corrected chi connectivity index (χ2v) is 7.69. The molecule has 3 aromatic carbocycles. The number of nitrogens with one attached hydrogen (secondary N) is 1. The van der Waals surface area contributed by atoms with Gasteiger partial charge in [-0.1, -0.05) is 36.4 Å². The molecule has 2 heterocycles. The van der Waals surface area contributed by atoms with Crippen LogP contribution >= 0.6 is 0 Å². The Morgan fingerprint density at radius 2 is 1.37 bits per heavy atom. The molecular formula is C25H24N4O. The molecule has 0 spiro atoms. The summed E-state index contributed by atoms with van der Waals surface area (Å²) in [5, 5.41) is 5.85. The Bertz CT molecular complexity index is 1160. The van der Waals surface area contributed by atoms with E-state index in [1.165, 1.54) is 5.69 Å². The van der Waals surface area contributed by atoms with Crippen molar-refractivity contribution in [2.75, 3.05) is 36.4 Å². The number of rotatable bonds is 3. The lowest BCUT2D eigenvalue weighted by Crippen LogP contribution is -2.48. The molecule has 5 nitrogen and oxygen atoms in total. The second kappa shape index (κ2) is 7.67. The molecule has 1 amide bonds. The Labute approximate surface area is 175 Å². The zero-order valence-corrected chi connectivity index (χ0v) is 17.0. The first kappa shape index (κ1) is 18.4. The topological polar surface area (TPSA) is 48.5 Å². The predicted molar refractivity (Wildman–Crippen MR) is 123 cm³/mol. The number of hydrogen-bond acceptors (Lipinski definition) is 4. The Hall–Kier alpha value is -3.60. The van der Waals surface area contributed by atoms with Gasteiger partial charge in [0, 0.05) is 55.2 Å². The second-order valence-electron chi connectivity index (χ2n) is 7.69. The van der Waals surface area contributed by atoms with Crippen molar-refractivity contribution < 1.29 is 4.79 Å². The number of hydrogen-bond donors (Lipinski definition) is 1. The van der Waals surface area contributed by atoms with Crippen molar-refractivity contribution in [3.8, 4) is 0 Å². The maximum atomic E-state index is 11.5. The Balaban J connectivity index is 1.42. The number of piperazine rings is 1. The molecule has 0 atom stereocenters. The molecule has 4 aromatic rings. The number of benzene rings is 3. The van der Waals surface area contributed by atoms with Crippen LogP contribution in [0, 0.1) is 0 Å². The number of carbonyl (C=O) groups is 1. The zero-order chi connectivity index (χ0) is 20.5. The highest BCUT2D eigenvalue weighted by molar-refractivity contribution is 6.08. The predicted octanol–water partition coefficient (Wildman–Crippen LogP) is 4.80. The van der Waals surface area contributed by atoms with Gasteiger partial charge >= 0.3 is 0 Å². The van der Waals surface area contributed by atoms with E-state index in [1.807, 2.05) is 29.2 Å². The van der Waals surface area contributed by atoms with Gasteiger partial charge in [0.25, 0.3) is 0 Å². The molecule has 1 fully saturated rings. The van der Waals surface area contributed by atoms with Gasteiger partial charge in [-0.15, -0.1) is 0 Å². The van der Waals surface area contributed by atoms with Crippen LogP contribution < -0.4 is 10.2 Å². The summed E-state index contributed by atoms with van der Waals surface area (Å²) in [5.41, 5.74) is 5.28. The molecule has 0 unspecified atom stereocenters. The summed E-state index contributed by atoms with van der Waals surface area (Å²) in [6.45, 7) is 4.94. The number of aromatic nitrogens is 1. The van der Waals surface area contributed by atoms with E-state index in [0.717, 1.165) is 59.4 Å². The van der Waals surface area contributed by atoms with Crippen LogP contribution in [0.25, 0.3) is 21.8 Å². The molecule has 1 aromatic heterocycles. The monoisotopic (exact) mass is 396 g/mol.